The number of hydrogen-bond acceptors (Lipinski definition) is 5. The van der Waals surface area contributed by atoms with Gasteiger partial charge < -0.3 is 9.80 Å². The summed E-state index contributed by atoms with van der Waals surface area (Å²) in [5, 5.41) is 0. The van der Waals surface area contributed by atoms with E-state index in [0.717, 1.165) is 57.3 Å². The van der Waals surface area contributed by atoms with Crippen molar-refractivity contribution in [2.24, 2.45) is 0 Å². The van der Waals surface area contributed by atoms with Crippen LogP contribution in [0.25, 0.3) is 0 Å². The van der Waals surface area contributed by atoms with Gasteiger partial charge >= 0.3 is 0 Å². The summed E-state index contributed by atoms with van der Waals surface area (Å²) in [5.74, 6) is 1.03. The maximum atomic E-state index is 12.6. The van der Waals surface area contributed by atoms with Gasteiger partial charge in [-0.2, -0.15) is 0 Å². The smallest absolute Gasteiger partial charge is 0.228 e. The average Bonchev–Trinajstić information content (AvgIpc) is 3.11. The number of hydrogen-bond donors (Lipinski definition) is 0. The Morgan fingerprint density at radius 2 is 1.72 bits per heavy atom. The second-order valence-corrected chi connectivity index (χ2v) is 6.55. The first-order valence-electron chi connectivity index (χ1n) is 8.94. The zero-order valence-electron chi connectivity index (χ0n) is 14.3. The minimum absolute atomic E-state index is 0.235. The van der Waals surface area contributed by atoms with E-state index < -0.39 is 0 Å². The molecule has 6 nitrogen and oxygen atoms in total. The molecule has 6 heteroatoms. The van der Waals surface area contributed by atoms with E-state index in [9.17, 15) is 4.79 Å². The molecule has 0 bridgehead atoms. The third-order valence-corrected chi connectivity index (χ3v) is 5.04. The van der Waals surface area contributed by atoms with Gasteiger partial charge in [0, 0.05) is 63.8 Å². The van der Waals surface area contributed by atoms with E-state index in [2.05, 4.69) is 31.9 Å². The topological polar surface area (TPSA) is 52.6 Å². The molecule has 1 amide bonds. The molecule has 1 saturated heterocycles. The highest BCUT2D eigenvalue weighted by Gasteiger charge is 2.25. The quantitative estimate of drug-likeness (QED) is 0.848. The van der Waals surface area contributed by atoms with Gasteiger partial charge in [0.2, 0.25) is 11.9 Å². The van der Waals surface area contributed by atoms with Crippen LogP contribution in [-0.4, -0.2) is 60.0 Å². The van der Waals surface area contributed by atoms with Crippen LogP contribution >= 0.6 is 0 Å². The fraction of sp³-hybridized carbons (Fsp3) is 0.421. The van der Waals surface area contributed by atoms with Gasteiger partial charge in [-0.1, -0.05) is 18.2 Å². The number of anilines is 2. The first-order valence-corrected chi connectivity index (χ1v) is 8.94. The van der Waals surface area contributed by atoms with E-state index in [0.29, 0.717) is 6.42 Å². The fourth-order valence-corrected chi connectivity index (χ4v) is 3.61. The summed E-state index contributed by atoms with van der Waals surface area (Å²) in [6, 6.07) is 10.1. The van der Waals surface area contributed by atoms with Crippen LogP contribution in [0.1, 0.15) is 12.0 Å². The number of fused-ring (bicyclic) bond motifs is 1. The highest BCUT2D eigenvalue weighted by atomic mass is 16.2. The SMILES string of the molecule is O=C(CCN1CCN(c2ncccn2)CC1)N1CCc2ccccc21. The molecular weight excluding hydrogens is 314 g/mol. The zero-order valence-corrected chi connectivity index (χ0v) is 14.3. The highest BCUT2D eigenvalue weighted by Crippen LogP contribution is 2.27. The molecule has 3 heterocycles. The maximum Gasteiger partial charge on any atom is 0.228 e. The number of nitrogens with zero attached hydrogens (tertiary/aromatic N) is 5. The van der Waals surface area contributed by atoms with Crippen LogP contribution < -0.4 is 9.80 Å². The molecule has 1 aromatic heterocycles. The molecule has 1 fully saturated rings. The molecule has 2 aromatic rings. The van der Waals surface area contributed by atoms with Gasteiger partial charge in [-0.25, -0.2) is 9.97 Å². The van der Waals surface area contributed by atoms with Gasteiger partial charge in [0.25, 0.3) is 0 Å². The average molecular weight is 337 g/mol. The van der Waals surface area contributed by atoms with Gasteiger partial charge in [0.05, 0.1) is 0 Å². The van der Waals surface area contributed by atoms with E-state index in [1.165, 1.54) is 5.56 Å². The van der Waals surface area contributed by atoms with Crippen molar-refractivity contribution >= 4 is 17.5 Å². The third-order valence-electron chi connectivity index (χ3n) is 5.04. The van der Waals surface area contributed by atoms with Gasteiger partial charge in [-0.15, -0.1) is 0 Å². The molecule has 0 atom stereocenters. The molecule has 2 aliphatic rings. The number of benzene rings is 1. The minimum atomic E-state index is 0.235. The van der Waals surface area contributed by atoms with Crippen LogP contribution in [0.4, 0.5) is 11.6 Å². The number of rotatable bonds is 4. The van der Waals surface area contributed by atoms with Crippen molar-refractivity contribution in [2.75, 3.05) is 49.1 Å². The normalized spacial score (nSPS) is 17.6. The number of para-hydroxylation sites is 1. The summed E-state index contributed by atoms with van der Waals surface area (Å²) in [6.45, 7) is 5.35. The number of aromatic nitrogens is 2. The Morgan fingerprint density at radius 3 is 2.52 bits per heavy atom. The lowest BCUT2D eigenvalue weighted by Gasteiger charge is -2.34. The van der Waals surface area contributed by atoms with E-state index >= 15 is 0 Å². The molecule has 4 rings (SSSR count). The Hall–Kier alpha value is -2.47. The molecule has 0 saturated carbocycles. The summed E-state index contributed by atoms with van der Waals surface area (Å²) in [7, 11) is 0. The minimum Gasteiger partial charge on any atom is -0.338 e. The van der Waals surface area contributed by atoms with Crippen molar-refractivity contribution in [3.05, 3.63) is 48.3 Å². The third kappa shape index (κ3) is 3.49. The van der Waals surface area contributed by atoms with Crippen molar-refractivity contribution in [2.45, 2.75) is 12.8 Å². The van der Waals surface area contributed by atoms with Gasteiger partial charge in [0.15, 0.2) is 0 Å². The lowest BCUT2D eigenvalue weighted by Crippen LogP contribution is -2.48. The molecule has 0 N–H and O–H groups in total. The summed E-state index contributed by atoms with van der Waals surface area (Å²) in [5.41, 5.74) is 2.38. The second kappa shape index (κ2) is 7.19. The molecular formula is C19H23N5O. The van der Waals surface area contributed by atoms with Gasteiger partial charge in [0.1, 0.15) is 0 Å². The predicted molar refractivity (Wildman–Crippen MR) is 97.8 cm³/mol. The summed E-state index contributed by atoms with van der Waals surface area (Å²) in [6.07, 6.45) is 5.11. The van der Waals surface area contributed by atoms with Gasteiger partial charge in [-0.3, -0.25) is 9.69 Å². The van der Waals surface area contributed by atoms with Crippen molar-refractivity contribution in [1.82, 2.24) is 14.9 Å². The fourth-order valence-electron chi connectivity index (χ4n) is 3.61. The highest BCUT2D eigenvalue weighted by molar-refractivity contribution is 5.95. The van der Waals surface area contributed by atoms with Crippen LogP contribution in [0, 0.1) is 0 Å². The van der Waals surface area contributed by atoms with Crippen molar-refractivity contribution in [3.63, 3.8) is 0 Å². The molecule has 0 spiro atoms. The van der Waals surface area contributed by atoms with Crippen LogP contribution in [0.3, 0.4) is 0 Å². The Bertz CT molecular complexity index is 728. The molecule has 0 radical (unpaired) electrons. The predicted octanol–water partition coefficient (Wildman–Crippen LogP) is 1.58. The summed E-state index contributed by atoms with van der Waals surface area (Å²) >= 11 is 0. The zero-order chi connectivity index (χ0) is 17.1. The van der Waals surface area contributed by atoms with Gasteiger partial charge in [-0.05, 0) is 24.1 Å². The maximum absolute atomic E-state index is 12.6. The number of piperazine rings is 1. The Kier molecular flexibility index (Phi) is 4.61. The van der Waals surface area contributed by atoms with E-state index in [1.807, 2.05) is 23.1 Å². The lowest BCUT2D eigenvalue weighted by molar-refractivity contribution is -0.118. The summed E-state index contributed by atoms with van der Waals surface area (Å²) in [4.78, 5) is 27.7. The largest absolute Gasteiger partial charge is 0.338 e. The van der Waals surface area contributed by atoms with Crippen LogP contribution in [0.2, 0.25) is 0 Å². The monoisotopic (exact) mass is 337 g/mol. The summed E-state index contributed by atoms with van der Waals surface area (Å²) < 4.78 is 0. The van der Waals surface area contributed by atoms with Crippen LogP contribution in [0.15, 0.2) is 42.7 Å². The molecule has 130 valence electrons. The van der Waals surface area contributed by atoms with Crippen molar-refractivity contribution in [1.29, 1.82) is 0 Å². The van der Waals surface area contributed by atoms with E-state index in [-0.39, 0.29) is 5.91 Å². The Balaban J connectivity index is 1.27. The van der Waals surface area contributed by atoms with E-state index in [4.69, 9.17) is 0 Å². The first-order chi connectivity index (χ1) is 12.3. The van der Waals surface area contributed by atoms with Crippen molar-refractivity contribution in [3.8, 4) is 0 Å². The molecule has 0 aliphatic carbocycles. The number of amides is 1. The van der Waals surface area contributed by atoms with Crippen LogP contribution in [-0.2, 0) is 11.2 Å². The first kappa shape index (κ1) is 16.0. The Labute approximate surface area is 148 Å². The molecule has 0 unspecified atom stereocenters. The van der Waals surface area contributed by atoms with E-state index in [1.54, 1.807) is 12.4 Å². The standard InChI is InChI=1S/C19H23N5O/c25-18(24-11-6-16-4-1-2-5-17(16)24)7-10-22-12-14-23(15-13-22)19-20-8-3-9-21-19/h1-5,8-9H,6-7,10-15H2. The van der Waals surface area contributed by atoms with Crippen molar-refractivity contribution < 1.29 is 4.79 Å². The number of carbonyl (C=O) groups excluding carboxylic acids is 1. The lowest BCUT2D eigenvalue weighted by atomic mass is 10.2. The molecule has 25 heavy (non-hydrogen) atoms. The molecule has 2 aliphatic heterocycles. The van der Waals surface area contributed by atoms with Crippen LogP contribution in [0.5, 0.6) is 0 Å². The number of carbonyl (C=O) groups is 1. The second-order valence-electron chi connectivity index (χ2n) is 6.55. The Morgan fingerprint density at radius 1 is 0.960 bits per heavy atom. The molecule has 1 aromatic carbocycles.